The highest BCUT2D eigenvalue weighted by atomic mass is 19.1. The molecular weight excluding hydrogens is 186 g/mol. The highest BCUT2D eigenvalue weighted by Gasteiger charge is 2.11. The van der Waals surface area contributed by atoms with Gasteiger partial charge >= 0.3 is 0 Å². The van der Waals surface area contributed by atoms with Gasteiger partial charge in [-0.25, -0.2) is 8.78 Å². The number of benzene rings is 1. The fourth-order valence-electron chi connectivity index (χ4n) is 1.40. The molecule has 0 aliphatic carbocycles. The molecule has 0 N–H and O–H groups in total. The van der Waals surface area contributed by atoms with Crippen LogP contribution in [-0.2, 0) is 6.42 Å². The first-order chi connectivity index (χ1) is 6.54. The second kappa shape index (κ2) is 4.40. The van der Waals surface area contributed by atoms with Gasteiger partial charge in [0.05, 0.1) is 7.11 Å². The lowest BCUT2D eigenvalue weighted by molar-refractivity contribution is 0.359. The van der Waals surface area contributed by atoms with Crippen LogP contribution >= 0.6 is 0 Å². The Labute approximate surface area is 82.7 Å². The van der Waals surface area contributed by atoms with Gasteiger partial charge in [-0.15, -0.1) is 0 Å². The van der Waals surface area contributed by atoms with Gasteiger partial charge in [0, 0.05) is 0 Å². The second-order valence-electron chi connectivity index (χ2n) is 3.69. The van der Waals surface area contributed by atoms with Crippen LogP contribution in [0.5, 0.6) is 5.75 Å². The van der Waals surface area contributed by atoms with E-state index in [0.29, 0.717) is 17.9 Å². The maximum atomic E-state index is 13.2. The minimum Gasteiger partial charge on any atom is -0.491 e. The van der Waals surface area contributed by atoms with Crippen LogP contribution in [0, 0.1) is 17.6 Å². The lowest BCUT2D eigenvalue weighted by Gasteiger charge is -2.08. The predicted octanol–water partition coefficient (Wildman–Crippen LogP) is 3.17. The van der Waals surface area contributed by atoms with Crippen molar-refractivity contribution in [2.24, 2.45) is 5.92 Å². The highest BCUT2D eigenvalue weighted by Crippen LogP contribution is 2.23. The van der Waals surface area contributed by atoms with E-state index in [1.54, 1.807) is 0 Å². The molecule has 0 fully saturated rings. The lowest BCUT2D eigenvalue weighted by Crippen LogP contribution is -1.99. The third kappa shape index (κ3) is 2.44. The van der Waals surface area contributed by atoms with E-state index in [1.165, 1.54) is 19.2 Å². The van der Waals surface area contributed by atoms with Crippen LogP contribution in [0.25, 0.3) is 0 Å². The zero-order valence-electron chi connectivity index (χ0n) is 8.60. The number of rotatable bonds is 3. The van der Waals surface area contributed by atoms with Crippen LogP contribution in [0.1, 0.15) is 19.4 Å². The van der Waals surface area contributed by atoms with Crippen molar-refractivity contribution < 1.29 is 13.5 Å². The van der Waals surface area contributed by atoms with Crippen molar-refractivity contribution in [2.75, 3.05) is 7.11 Å². The van der Waals surface area contributed by atoms with Gasteiger partial charge in [0.15, 0.2) is 17.4 Å². The Hall–Kier alpha value is -1.12. The summed E-state index contributed by atoms with van der Waals surface area (Å²) in [5, 5.41) is 0. The van der Waals surface area contributed by atoms with Crippen molar-refractivity contribution in [3.8, 4) is 5.75 Å². The first-order valence-corrected chi connectivity index (χ1v) is 4.56. The number of ether oxygens (including phenoxy) is 1. The minimum atomic E-state index is -0.636. The molecule has 3 heteroatoms. The van der Waals surface area contributed by atoms with Gasteiger partial charge in [-0.3, -0.25) is 0 Å². The zero-order valence-corrected chi connectivity index (χ0v) is 8.60. The normalized spacial score (nSPS) is 10.7. The van der Waals surface area contributed by atoms with E-state index in [9.17, 15) is 8.78 Å². The summed E-state index contributed by atoms with van der Waals surface area (Å²) in [4.78, 5) is 0. The fourth-order valence-corrected chi connectivity index (χ4v) is 1.40. The lowest BCUT2D eigenvalue weighted by atomic mass is 10.0. The van der Waals surface area contributed by atoms with Crippen LogP contribution in [0.4, 0.5) is 8.78 Å². The Morgan fingerprint density at radius 1 is 1.21 bits per heavy atom. The number of methoxy groups -OCH3 is 1. The summed E-state index contributed by atoms with van der Waals surface area (Å²) in [5.41, 5.74) is 0.663. The fraction of sp³-hybridized carbons (Fsp3) is 0.455. The summed E-state index contributed by atoms with van der Waals surface area (Å²) in [5.74, 6) is -1.20. The molecule has 0 aliphatic rings. The van der Waals surface area contributed by atoms with E-state index in [-0.39, 0.29) is 5.75 Å². The molecule has 1 aromatic carbocycles. The largest absolute Gasteiger partial charge is 0.491 e. The van der Waals surface area contributed by atoms with Crippen LogP contribution < -0.4 is 4.74 Å². The molecule has 0 aliphatic heterocycles. The molecule has 0 radical (unpaired) electrons. The van der Waals surface area contributed by atoms with E-state index < -0.39 is 11.6 Å². The van der Waals surface area contributed by atoms with Gasteiger partial charge in [0.25, 0.3) is 0 Å². The molecule has 0 unspecified atom stereocenters. The third-order valence-corrected chi connectivity index (χ3v) is 1.91. The third-order valence-electron chi connectivity index (χ3n) is 1.91. The van der Waals surface area contributed by atoms with E-state index in [0.717, 1.165) is 0 Å². The Balaban J connectivity index is 3.01. The summed E-state index contributed by atoms with van der Waals surface area (Å²) in [6, 6.07) is 2.64. The van der Waals surface area contributed by atoms with Gasteiger partial charge in [0.2, 0.25) is 0 Å². The van der Waals surface area contributed by atoms with Crippen LogP contribution in [-0.4, -0.2) is 7.11 Å². The van der Waals surface area contributed by atoms with Crippen LogP contribution in [0.15, 0.2) is 12.1 Å². The van der Waals surface area contributed by atoms with Crippen LogP contribution in [0.3, 0.4) is 0 Å². The SMILES string of the molecule is COc1c(F)cc(CC(C)C)cc1F. The summed E-state index contributed by atoms with van der Waals surface area (Å²) in [7, 11) is 1.25. The van der Waals surface area contributed by atoms with Gasteiger partial charge in [-0.1, -0.05) is 13.8 Å². The predicted molar refractivity (Wildman–Crippen MR) is 51.5 cm³/mol. The maximum Gasteiger partial charge on any atom is 0.190 e. The average molecular weight is 200 g/mol. The van der Waals surface area contributed by atoms with Crippen molar-refractivity contribution in [2.45, 2.75) is 20.3 Å². The molecule has 0 saturated carbocycles. The smallest absolute Gasteiger partial charge is 0.190 e. The maximum absolute atomic E-state index is 13.2. The molecule has 14 heavy (non-hydrogen) atoms. The highest BCUT2D eigenvalue weighted by molar-refractivity contribution is 5.31. The molecule has 0 saturated heterocycles. The minimum absolute atomic E-state index is 0.308. The molecule has 1 rings (SSSR count). The summed E-state index contributed by atoms with van der Waals surface area (Å²) in [6.07, 6.45) is 0.665. The van der Waals surface area contributed by atoms with E-state index in [2.05, 4.69) is 4.74 Å². The van der Waals surface area contributed by atoms with E-state index >= 15 is 0 Å². The quantitative estimate of drug-likeness (QED) is 0.728. The van der Waals surface area contributed by atoms with Crippen molar-refractivity contribution in [3.05, 3.63) is 29.3 Å². The molecule has 1 aromatic rings. The molecule has 1 nitrogen and oxygen atoms in total. The monoisotopic (exact) mass is 200 g/mol. The zero-order chi connectivity index (χ0) is 10.7. The first-order valence-electron chi connectivity index (χ1n) is 4.56. The van der Waals surface area contributed by atoms with Crippen molar-refractivity contribution in [3.63, 3.8) is 0 Å². The molecule has 0 heterocycles. The second-order valence-corrected chi connectivity index (χ2v) is 3.69. The van der Waals surface area contributed by atoms with Crippen molar-refractivity contribution in [1.82, 2.24) is 0 Å². The van der Waals surface area contributed by atoms with Crippen LogP contribution in [0.2, 0.25) is 0 Å². The molecule has 78 valence electrons. The average Bonchev–Trinajstić information content (AvgIpc) is 2.01. The van der Waals surface area contributed by atoms with Crippen molar-refractivity contribution >= 4 is 0 Å². The summed E-state index contributed by atoms with van der Waals surface area (Å²) in [6.45, 7) is 4.00. The molecule has 0 aromatic heterocycles. The van der Waals surface area contributed by atoms with Gasteiger partial charge in [-0.2, -0.15) is 0 Å². The molecule has 0 atom stereocenters. The number of hydrogen-bond donors (Lipinski definition) is 0. The molecule has 0 bridgehead atoms. The van der Waals surface area contributed by atoms with Gasteiger partial charge in [-0.05, 0) is 30.0 Å². The van der Waals surface area contributed by atoms with E-state index in [1.807, 2.05) is 13.8 Å². The Kier molecular flexibility index (Phi) is 3.44. The Bertz CT molecular complexity index is 298. The van der Waals surface area contributed by atoms with Crippen molar-refractivity contribution in [1.29, 1.82) is 0 Å². The topological polar surface area (TPSA) is 9.23 Å². The van der Waals surface area contributed by atoms with Gasteiger partial charge < -0.3 is 4.74 Å². The van der Waals surface area contributed by atoms with E-state index in [4.69, 9.17) is 0 Å². The summed E-state index contributed by atoms with van der Waals surface area (Å²) >= 11 is 0. The Morgan fingerprint density at radius 2 is 1.71 bits per heavy atom. The Morgan fingerprint density at radius 3 is 2.07 bits per heavy atom. The summed E-state index contributed by atoms with van der Waals surface area (Å²) < 4.78 is 31.0. The first kappa shape index (κ1) is 11.0. The van der Waals surface area contributed by atoms with Gasteiger partial charge in [0.1, 0.15) is 0 Å². The standard InChI is InChI=1S/C11H14F2O/c1-7(2)4-8-5-9(12)11(14-3)10(13)6-8/h5-7H,4H2,1-3H3. The molecule has 0 spiro atoms. The molecule has 0 amide bonds. The number of hydrogen-bond acceptors (Lipinski definition) is 1. The molecular formula is C11H14F2O. The number of halogens is 2.